The van der Waals surface area contributed by atoms with Gasteiger partial charge in [0.2, 0.25) is 0 Å². The van der Waals surface area contributed by atoms with Crippen LogP contribution in [0.25, 0.3) is 5.57 Å². The first-order valence-electron chi connectivity index (χ1n) is 4.70. The van der Waals surface area contributed by atoms with Crippen molar-refractivity contribution in [2.24, 2.45) is 0 Å². The Labute approximate surface area is 109 Å². The molecule has 1 aromatic rings. The number of carbonyl (C=O) groups excluding carboxylic acids is 1. The molecule has 86 valence electrons. The highest BCUT2D eigenvalue weighted by Crippen LogP contribution is 2.22. The fraction of sp³-hybridized carbons (Fsp3) is 0.250. The molecule has 0 spiro atoms. The first kappa shape index (κ1) is 13.0. The van der Waals surface area contributed by atoms with E-state index in [9.17, 15) is 4.79 Å². The van der Waals surface area contributed by atoms with E-state index in [0.29, 0.717) is 5.57 Å². The molecule has 0 aliphatic rings. The third-order valence-electron chi connectivity index (χ3n) is 2.09. The Bertz CT molecular complexity index is 399. The standard InChI is InChI=1S/C12H13IO3/c1-15-8-11(12(14)16-2)10-6-4-3-5-9(10)7-13/h3-6,8H,7H2,1-2H3/b11-8-. The highest BCUT2D eigenvalue weighted by atomic mass is 127. The Morgan fingerprint density at radius 1 is 1.38 bits per heavy atom. The lowest BCUT2D eigenvalue weighted by molar-refractivity contribution is -0.133. The Hall–Kier alpha value is -1.04. The van der Waals surface area contributed by atoms with E-state index in [1.165, 1.54) is 20.5 Å². The number of methoxy groups -OCH3 is 2. The van der Waals surface area contributed by atoms with Crippen LogP contribution in [-0.4, -0.2) is 20.2 Å². The van der Waals surface area contributed by atoms with E-state index < -0.39 is 0 Å². The fourth-order valence-corrected chi connectivity index (χ4v) is 2.01. The Balaban J connectivity index is 3.21. The van der Waals surface area contributed by atoms with E-state index in [2.05, 4.69) is 22.6 Å². The summed E-state index contributed by atoms with van der Waals surface area (Å²) in [6, 6.07) is 7.70. The first-order chi connectivity index (χ1) is 7.74. The van der Waals surface area contributed by atoms with Gasteiger partial charge in [0.15, 0.2) is 0 Å². The van der Waals surface area contributed by atoms with Gasteiger partial charge in [0, 0.05) is 4.43 Å². The minimum absolute atomic E-state index is 0.390. The van der Waals surface area contributed by atoms with Crippen molar-refractivity contribution in [3.05, 3.63) is 41.7 Å². The van der Waals surface area contributed by atoms with Crippen molar-refractivity contribution in [1.82, 2.24) is 0 Å². The van der Waals surface area contributed by atoms with E-state index in [0.717, 1.165) is 15.6 Å². The zero-order valence-corrected chi connectivity index (χ0v) is 11.4. The van der Waals surface area contributed by atoms with Gasteiger partial charge < -0.3 is 9.47 Å². The molecule has 1 aromatic carbocycles. The molecule has 0 aromatic heterocycles. The second-order valence-corrected chi connectivity index (χ2v) is 3.81. The molecular weight excluding hydrogens is 319 g/mol. The summed E-state index contributed by atoms with van der Waals surface area (Å²) in [6.45, 7) is 0. The molecule has 0 unspecified atom stereocenters. The minimum atomic E-state index is -0.390. The summed E-state index contributed by atoms with van der Waals surface area (Å²) < 4.78 is 10.5. The van der Waals surface area contributed by atoms with Gasteiger partial charge in [-0.25, -0.2) is 4.79 Å². The molecule has 0 N–H and O–H groups in total. The van der Waals surface area contributed by atoms with E-state index in [1.807, 2.05) is 24.3 Å². The number of hydrogen-bond donors (Lipinski definition) is 0. The van der Waals surface area contributed by atoms with E-state index in [1.54, 1.807) is 0 Å². The topological polar surface area (TPSA) is 35.5 Å². The Morgan fingerprint density at radius 2 is 2.06 bits per heavy atom. The summed E-state index contributed by atoms with van der Waals surface area (Å²) in [4.78, 5) is 11.6. The molecule has 0 bridgehead atoms. The van der Waals surface area contributed by atoms with Crippen LogP contribution in [0.1, 0.15) is 11.1 Å². The number of rotatable bonds is 4. The number of alkyl halides is 1. The van der Waals surface area contributed by atoms with Crippen molar-refractivity contribution in [3.63, 3.8) is 0 Å². The van der Waals surface area contributed by atoms with Crippen LogP contribution < -0.4 is 0 Å². The Kier molecular flexibility index (Phi) is 5.31. The molecule has 0 heterocycles. The third kappa shape index (κ3) is 2.98. The fourth-order valence-electron chi connectivity index (χ4n) is 1.35. The lowest BCUT2D eigenvalue weighted by Crippen LogP contribution is -2.06. The third-order valence-corrected chi connectivity index (χ3v) is 2.91. The maximum Gasteiger partial charge on any atom is 0.341 e. The molecule has 0 radical (unpaired) electrons. The summed E-state index contributed by atoms with van der Waals surface area (Å²) in [7, 11) is 2.87. The van der Waals surface area contributed by atoms with Crippen LogP contribution in [0, 0.1) is 0 Å². The maximum atomic E-state index is 11.6. The quantitative estimate of drug-likeness (QED) is 0.280. The summed E-state index contributed by atoms with van der Waals surface area (Å²) in [5.74, 6) is -0.390. The molecule has 1 rings (SSSR count). The van der Waals surface area contributed by atoms with Gasteiger partial charge in [-0.2, -0.15) is 0 Å². The number of carbonyl (C=O) groups is 1. The van der Waals surface area contributed by atoms with Gasteiger partial charge >= 0.3 is 5.97 Å². The van der Waals surface area contributed by atoms with Crippen LogP contribution in [0.5, 0.6) is 0 Å². The van der Waals surface area contributed by atoms with Crippen LogP contribution in [0.3, 0.4) is 0 Å². The molecule has 0 saturated carbocycles. The van der Waals surface area contributed by atoms with Gasteiger partial charge in [0.05, 0.1) is 20.5 Å². The highest BCUT2D eigenvalue weighted by Gasteiger charge is 2.15. The number of ether oxygens (including phenoxy) is 2. The van der Waals surface area contributed by atoms with E-state index in [4.69, 9.17) is 9.47 Å². The molecule has 0 aliphatic carbocycles. The second kappa shape index (κ2) is 6.52. The second-order valence-electron chi connectivity index (χ2n) is 3.05. The van der Waals surface area contributed by atoms with Crippen molar-refractivity contribution >= 4 is 34.1 Å². The van der Waals surface area contributed by atoms with Gasteiger partial charge in [0.25, 0.3) is 0 Å². The minimum Gasteiger partial charge on any atom is -0.503 e. The largest absolute Gasteiger partial charge is 0.503 e. The molecule has 0 atom stereocenters. The number of esters is 1. The number of halogens is 1. The first-order valence-corrected chi connectivity index (χ1v) is 6.22. The summed E-state index contributed by atoms with van der Waals surface area (Å²) in [6.07, 6.45) is 1.41. The lowest BCUT2D eigenvalue weighted by Gasteiger charge is -2.09. The van der Waals surface area contributed by atoms with Crippen LogP contribution in [0.15, 0.2) is 30.5 Å². The van der Waals surface area contributed by atoms with Crippen LogP contribution in [0.2, 0.25) is 0 Å². The molecule has 3 nitrogen and oxygen atoms in total. The number of benzene rings is 1. The lowest BCUT2D eigenvalue weighted by atomic mass is 10.0. The molecule has 0 fully saturated rings. The monoisotopic (exact) mass is 332 g/mol. The summed E-state index contributed by atoms with van der Waals surface area (Å²) in [5.41, 5.74) is 2.37. The summed E-state index contributed by atoms with van der Waals surface area (Å²) >= 11 is 2.26. The van der Waals surface area contributed by atoms with Crippen LogP contribution >= 0.6 is 22.6 Å². The average Bonchev–Trinajstić information content (AvgIpc) is 2.35. The van der Waals surface area contributed by atoms with Crippen molar-refractivity contribution in [2.45, 2.75) is 4.43 Å². The molecule has 16 heavy (non-hydrogen) atoms. The smallest absolute Gasteiger partial charge is 0.341 e. The molecular formula is C12H13IO3. The number of hydrogen-bond acceptors (Lipinski definition) is 3. The normalized spacial score (nSPS) is 11.1. The van der Waals surface area contributed by atoms with Crippen molar-refractivity contribution in [1.29, 1.82) is 0 Å². The Morgan fingerprint density at radius 3 is 2.62 bits per heavy atom. The van der Waals surface area contributed by atoms with Gasteiger partial charge in [-0.1, -0.05) is 46.9 Å². The van der Waals surface area contributed by atoms with E-state index in [-0.39, 0.29) is 5.97 Å². The average molecular weight is 332 g/mol. The van der Waals surface area contributed by atoms with Crippen LogP contribution in [-0.2, 0) is 18.7 Å². The molecule has 0 amide bonds. The van der Waals surface area contributed by atoms with Gasteiger partial charge in [-0.05, 0) is 11.1 Å². The van der Waals surface area contributed by atoms with Gasteiger partial charge in [0.1, 0.15) is 5.57 Å². The van der Waals surface area contributed by atoms with Crippen molar-refractivity contribution in [2.75, 3.05) is 14.2 Å². The van der Waals surface area contributed by atoms with Gasteiger partial charge in [-0.15, -0.1) is 0 Å². The molecule has 0 saturated heterocycles. The van der Waals surface area contributed by atoms with E-state index >= 15 is 0 Å². The van der Waals surface area contributed by atoms with Crippen LogP contribution in [0.4, 0.5) is 0 Å². The molecule has 4 heteroatoms. The predicted molar refractivity (Wildman–Crippen MR) is 71.2 cm³/mol. The van der Waals surface area contributed by atoms with Crippen molar-refractivity contribution < 1.29 is 14.3 Å². The van der Waals surface area contributed by atoms with Crippen molar-refractivity contribution in [3.8, 4) is 0 Å². The van der Waals surface area contributed by atoms with Gasteiger partial charge in [-0.3, -0.25) is 0 Å². The zero-order valence-electron chi connectivity index (χ0n) is 9.20. The predicted octanol–water partition coefficient (Wildman–Crippen LogP) is 2.78. The highest BCUT2D eigenvalue weighted by molar-refractivity contribution is 14.1. The molecule has 0 aliphatic heterocycles. The summed E-state index contributed by atoms with van der Waals surface area (Å²) in [5, 5.41) is 0. The maximum absolute atomic E-state index is 11.6. The zero-order chi connectivity index (χ0) is 12.0. The SMILES string of the molecule is CO/C=C(\C(=O)OC)c1ccccc1CI.